The van der Waals surface area contributed by atoms with Gasteiger partial charge in [0.25, 0.3) is 0 Å². The third-order valence-corrected chi connectivity index (χ3v) is 2.39. The normalized spacial score (nSPS) is 11.8. The van der Waals surface area contributed by atoms with Gasteiger partial charge in [-0.15, -0.1) is 0 Å². The molecule has 1 aromatic rings. The van der Waals surface area contributed by atoms with Crippen molar-refractivity contribution in [3.8, 4) is 11.5 Å². The minimum Gasteiger partial charge on any atom is -0.496 e. The van der Waals surface area contributed by atoms with E-state index in [0.717, 1.165) is 0 Å². The van der Waals surface area contributed by atoms with Gasteiger partial charge in [0.1, 0.15) is 11.5 Å². The second-order valence-corrected chi connectivity index (χ2v) is 3.37. The summed E-state index contributed by atoms with van der Waals surface area (Å²) >= 11 is 0. The van der Waals surface area contributed by atoms with Crippen LogP contribution in [0, 0.1) is 0 Å². The molecule has 1 aromatic carbocycles. The Bertz CT molecular complexity index is 366. The van der Waals surface area contributed by atoms with Crippen molar-refractivity contribution < 1.29 is 24.1 Å². The number of aliphatic hydroxyl groups is 1. The van der Waals surface area contributed by atoms with Crippen molar-refractivity contribution in [2.75, 3.05) is 21.3 Å². The van der Waals surface area contributed by atoms with Crippen molar-refractivity contribution in [1.29, 1.82) is 0 Å². The van der Waals surface area contributed by atoms with Crippen LogP contribution in [0.4, 0.5) is 0 Å². The van der Waals surface area contributed by atoms with Crippen LogP contribution in [0.15, 0.2) is 18.2 Å². The molecule has 1 N–H and O–H groups in total. The smallest absolute Gasteiger partial charge is 0.308 e. The highest BCUT2D eigenvalue weighted by Crippen LogP contribution is 2.35. The van der Waals surface area contributed by atoms with E-state index >= 15 is 0 Å². The first-order valence-electron chi connectivity index (χ1n) is 5.09. The van der Waals surface area contributed by atoms with Gasteiger partial charge in [-0.1, -0.05) is 6.07 Å². The van der Waals surface area contributed by atoms with Gasteiger partial charge in [-0.3, -0.25) is 4.79 Å². The van der Waals surface area contributed by atoms with Crippen LogP contribution in [0.1, 0.15) is 18.1 Å². The van der Waals surface area contributed by atoms with Crippen molar-refractivity contribution in [3.63, 3.8) is 0 Å². The molecule has 0 saturated heterocycles. The highest BCUT2D eigenvalue weighted by molar-refractivity contribution is 5.70. The Hall–Kier alpha value is -1.75. The van der Waals surface area contributed by atoms with Gasteiger partial charge in [0.15, 0.2) is 0 Å². The van der Waals surface area contributed by atoms with Gasteiger partial charge in [0, 0.05) is 0 Å². The van der Waals surface area contributed by atoms with E-state index in [1.807, 2.05) is 0 Å². The van der Waals surface area contributed by atoms with Crippen LogP contribution in [0.3, 0.4) is 0 Å². The molecule has 0 unspecified atom stereocenters. The number of aliphatic hydroxyl groups excluding tert-OH is 1. The molecular formula is C12H16O5. The second-order valence-electron chi connectivity index (χ2n) is 3.37. The molecular weight excluding hydrogens is 224 g/mol. The van der Waals surface area contributed by atoms with E-state index < -0.39 is 12.1 Å². The average molecular weight is 240 g/mol. The number of ether oxygens (including phenoxy) is 3. The molecule has 17 heavy (non-hydrogen) atoms. The van der Waals surface area contributed by atoms with E-state index in [-0.39, 0.29) is 6.42 Å². The number of benzene rings is 1. The summed E-state index contributed by atoms with van der Waals surface area (Å²) in [5, 5.41) is 9.99. The van der Waals surface area contributed by atoms with Crippen molar-refractivity contribution in [1.82, 2.24) is 0 Å². The number of carbonyl (C=O) groups excluding carboxylic acids is 1. The molecule has 0 fully saturated rings. The lowest BCUT2D eigenvalue weighted by atomic mass is 10.0. The summed E-state index contributed by atoms with van der Waals surface area (Å²) in [5.74, 6) is 0.451. The predicted molar refractivity (Wildman–Crippen MR) is 61.1 cm³/mol. The lowest BCUT2D eigenvalue weighted by Gasteiger charge is -2.17. The quantitative estimate of drug-likeness (QED) is 0.786. The van der Waals surface area contributed by atoms with E-state index in [2.05, 4.69) is 4.74 Å². The maximum absolute atomic E-state index is 11.1. The number of rotatable bonds is 5. The molecule has 0 aromatic heterocycles. The zero-order chi connectivity index (χ0) is 12.8. The van der Waals surface area contributed by atoms with E-state index in [1.54, 1.807) is 18.2 Å². The summed E-state index contributed by atoms with van der Waals surface area (Å²) in [6.07, 6.45) is -1.17. The Morgan fingerprint density at radius 1 is 1.24 bits per heavy atom. The number of esters is 1. The van der Waals surface area contributed by atoms with Gasteiger partial charge in [-0.25, -0.2) is 0 Å². The van der Waals surface area contributed by atoms with Gasteiger partial charge in [0.2, 0.25) is 0 Å². The first-order valence-corrected chi connectivity index (χ1v) is 5.09. The zero-order valence-corrected chi connectivity index (χ0v) is 10.1. The maximum atomic E-state index is 11.1. The molecule has 0 aliphatic carbocycles. The van der Waals surface area contributed by atoms with Crippen LogP contribution in [0.5, 0.6) is 11.5 Å². The fraction of sp³-hybridized carbons (Fsp3) is 0.417. The third kappa shape index (κ3) is 3.10. The number of methoxy groups -OCH3 is 3. The molecule has 1 atom stereocenters. The Labute approximate surface area is 99.9 Å². The van der Waals surface area contributed by atoms with Crippen molar-refractivity contribution in [2.45, 2.75) is 12.5 Å². The molecule has 0 aliphatic rings. The van der Waals surface area contributed by atoms with Crippen molar-refractivity contribution >= 4 is 5.97 Å². The lowest BCUT2D eigenvalue weighted by Crippen LogP contribution is -2.10. The summed E-state index contributed by atoms with van der Waals surface area (Å²) < 4.78 is 14.8. The van der Waals surface area contributed by atoms with Crippen LogP contribution in [-0.2, 0) is 9.53 Å². The second kappa shape index (κ2) is 6.10. The monoisotopic (exact) mass is 240 g/mol. The number of hydrogen-bond acceptors (Lipinski definition) is 5. The molecule has 0 spiro atoms. The number of carbonyl (C=O) groups is 1. The van der Waals surface area contributed by atoms with Gasteiger partial charge >= 0.3 is 5.97 Å². The van der Waals surface area contributed by atoms with Crippen LogP contribution < -0.4 is 9.47 Å². The van der Waals surface area contributed by atoms with Crippen LogP contribution in [0.25, 0.3) is 0 Å². The Balaban J connectivity index is 3.04. The van der Waals surface area contributed by atoms with E-state index in [4.69, 9.17) is 9.47 Å². The molecule has 5 nitrogen and oxygen atoms in total. The summed E-state index contributed by atoms with van der Waals surface area (Å²) in [6.45, 7) is 0. The van der Waals surface area contributed by atoms with Gasteiger partial charge in [-0.05, 0) is 12.1 Å². The summed E-state index contributed by atoms with van der Waals surface area (Å²) in [4.78, 5) is 11.1. The molecule has 5 heteroatoms. The minimum atomic E-state index is -1.02. The Morgan fingerprint density at radius 2 is 1.76 bits per heavy atom. The Morgan fingerprint density at radius 3 is 2.18 bits per heavy atom. The minimum absolute atomic E-state index is 0.146. The molecule has 0 aliphatic heterocycles. The predicted octanol–water partition coefficient (Wildman–Crippen LogP) is 1.30. The van der Waals surface area contributed by atoms with E-state index in [0.29, 0.717) is 17.1 Å². The van der Waals surface area contributed by atoms with Crippen molar-refractivity contribution in [2.24, 2.45) is 0 Å². The van der Waals surface area contributed by atoms with E-state index in [1.165, 1.54) is 21.3 Å². The van der Waals surface area contributed by atoms with Gasteiger partial charge in [0.05, 0.1) is 39.4 Å². The standard InChI is InChI=1S/C12H16O5/c1-15-9-5-4-6-10(16-2)12(9)8(13)7-11(14)17-3/h4-6,8,13H,7H2,1-3H3/t8-/m1/s1. The number of hydrogen-bond donors (Lipinski definition) is 1. The molecule has 0 amide bonds. The largest absolute Gasteiger partial charge is 0.496 e. The fourth-order valence-corrected chi connectivity index (χ4v) is 1.55. The summed E-state index contributed by atoms with van der Waals surface area (Å²) in [7, 11) is 4.25. The van der Waals surface area contributed by atoms with Crippen LogP contribution in [0.2, 0.25) is 0 Å². The third-order valence-electron chi connectivity index (χ3n) is 2.39. The molecule has 0 radical (unpaired) electrons. The van der Waals surface area contributed by atoms with Crippen LogP contribution >= 0.6 is 0 Å². The topological polar surface area (TPSA) is 65.0 Å². The SMILES string of the molecule is COC(=O)C[C@@H](O)c1c(OC)cccc1OC. The first kappa shape index (κ1) is 13.3. The van der Waals surface area contributed by atoms with Crippen LogP contribution in [-0.4, -0.2) is 32.4 Å². The molecule has 94 valence electrons. The molecule has 0 saturated carbocycles. The average Bonchev–Trinajstić information content (AvgIpc) is 2.37. The molecule has 0 bridgehead atoms. The zero-order valence-electron chi connectivity index (χ0n) is 10.1. The lowest BCUT2D eigenvalue weighted by molar-refractivity contribution is -0.142. The summed E-state index contributed by atoms with van der Waals surface area (Å²) in [6, 6.07) is 5.13. The fourth-order valence-electron chi connectivity index (χ4n) is 1.55. The highest BCUT2D eigenvalue weighted by Gasteiger charge is 2.21. The molecule has 1 rings (SSSR count). The first-order chi connectivity index (χ1) is 8.13. The Kier molecular flexibility index (Phi) is 4.78. The van der Waals surface area contributed by atoms with Crippen molar-refractivity contribution in [3.05, 3.63) is 23.8 Å². The maximum Gasteiger partial charge on any atom is 0.308 e. The van der Waals surface area contributed by atoms with Gasteiger partial charge in [-0.2, -0.15) is 0 Å². The van der Waals surface area contributed by atoms with E-state index in [9.17, 15) is 9.90 Å². The highest BCUT2D eigenvalue weighted by atomic mass is 16.5. The summed E-state index contributed by atoms with van der Waals surface area (Å²) in [5.41, 5.74) is 0.447. The molecule has 0 heterocycles. The van der Waals surface area contributed by atoms with Gasteiger partial charge < -0.3 is 19.3 Å².